The lowest BCUT2D eigenvalue weighted by molar-refractivity contribution is 0.102. The third kappa shape index (κ3) is 4.09. The Morgan fingerprint density at radius 3 is 2.77 bits per heavy atom. The van der Waals surface area contributed by atoms with E-state index in [2.05, 4.69) is 26.4 Å². The molecule has 1 N–H and O–H groups in total. The third-order valence-electron chi connectivity index (χ3n) is 5.17. The number of halogens is 1. The lowest BCUT2D eigenvalue weighted by Gasteiger charge is -2.10. The summed E-state index contributed by atoms with van der Waals surface area (Å²) in [7, 11) is 0. The van der Waals surface area contributed by atoms with Crippen LogP contribution in [0.4, 0.5) is 5.69 Å². The number of carbonyl (C=O) groups excluding carboxylic acids is 1. The molecule has 1 amide bonds. The first-order chi connectivity index (χ1) is 14.6. The lowest BCUT2D eigenvalue weighted by Crippen LogP contribution is -2.12. The van der Waals surface area contributed by atoms with E-state index in [1.807, 2.05) is 31.3 Å². The molecule has 0 bridgehead atoms. The molecule has 7 heteroatoms. The van der Waals surface area contributed by atoms with Gasteiger partial charge in [0.05, 0.1) is 28.2 Å². The first kappa shape index (κ1) is 20.2. The van der Waals surface area contributed by atoms with Gasteiger partial charge in [-0.05, 0) is 43.7 Å². The number of carbonyl (C=O) groups is 1. The van der Waals surface area contributed by atoms with Crippen molar-refractivity contribution < 1.29 is 4.79 Å². The number of anilines is 1. The van der Waals surface area contributed by atoms with E-state index in [1.54, 1.807) is 30.5 Å². The van der Waals surface area contributed by atoms with E-state index in [1.165, 1.54) is 0 Å². The molecule has 6 nitrogen and oxygen atoms in total. The Morgan fingerprint density at radius 2 is 2.03 bits per heavy atom. The maximum absolute atomic E-state index is 12.6. The summed E-state index contributed by atoms with van der Waals surface area (Å²) in [5.74, 6) is 1.70. The van der Waals surface area contributed by atoms with Crippen molar-refractivity contribution in [3.63, 3.8) is 0 Å². The van der Waals surface area contributed by atoms with Crippen molar-refractivity contribution in [2.45, 2.75) is 39.8 Å². The molecule has 2 aromatic heterocycles. The molecule has 0 atom stereocenters. The van der Waals surface area contributed by atoms with Crippen LogP contribution in [-0.2, 0) is 13.1 Å². The van der Waals surface area contributed by atoms with Crippen LogP contribution in [0.5, 0.6) is 0 Å². The molecular weight excluding hydrogens is 398 g/mol. The van der Waals surface area contributed by atoms with E-state index in [4.69, 9.17) is 16.6 Å². The molecule has 0 aliphatic carbocycles. The number of aryl methyl sites for hydroxylation is 2. The molecule has 0 saturated heterocycles. The maximum atomic E-state index is 12.6. The van der Waals surface area contributed by atoms with Gasteiger partial charge in [0.25, 0.3) is 5.91 Å². The zero-order valence-electron chi connectivity index (χ0n) is 17.1. The molecule has 0 aliphatic rings. The fraction of sp³-hybridized carbons (Fsp3) is 0.261. The first-order valence-corrected chi connectivity index (χ1v) is 10.5. The quantitative estimate of drug-likeness (QED) is 0.440. The Morgan fingerprint density at radius 1 is 1.20 bits per heavy atom. The number of nitrogens with zero attached hydrogens (tertiary/aromatic N) is 4. The molecule has 0 unspecified atom stereocenters. The minimum atomic E-state index is -0.236. The number of benzene rings is 2. The van der Waals surface area contributed by atoms with Crippen LogP contribution < -0.4 is 5.32 Å². The van der Waals surface area contributed by atoms with Crippen molar-refractivity contribution in [3.8, 4) is 0 Å². The number of hydrogen-bond acceptors (Lipinski definition) is 3. The summed E-state index contributed by atoms with van der Waals surface area (Å²) in [6.07, 6.45) is 5.95. The topological polar surface area (TPSA) is 64.7 Å². The number of nitrogens with one attached hydrogen (secondary N) is 1. The minimum absolute atomic E-state index is 0.236. The fourth-order valence-corrected chi connectivity index (χ4v) is 3.73. The number of aromatic nitrogens is 4. The van der Waals surface area contributed by atoms with Gasteiger partial charge < -0.3 is 14.5 Å². The molecule has 30 heavy (non-hydrogen) atoms. The Bertz CT molecular complexity index is 1190. The summed E-state index contributed by atoms with van der Waals surface area (Å²) in [5.41, 5.74) is 3.06. The smallest absolute Gasteiger partial charge is 0.257 e. The Balaban J connectivity index is 1.66. The van der Waals surface area contributed by atoms with Crippen LogP contribution in [0.1, 0.15) is 41.8 Å². The summed E-state index contributed by atoms with van der Waals surface area (Å²) in [4.78, 5) is 21.8. The highest BCUT2D eigenvalue weighted by Gasteiger charge is 2.14. The molecule has 0 spiro atoms. The molecule has 154 valence electrons. The molecule has 2 aromatic carbocycles. The monoisotopic (exact) mass is 421 g/mol. The highest BCUT2D eigenvalue weighted by molar-refractivity contribution is 6.34. The van der Waals surface area contributed by atoms with Crippen molar-refractivity contribution in [1.29, 1.82) is 0 Å². The van der Waals surface area contributed by atoms with E-state index in [0.29, 0.717) is 22.8 Å². The van der Waals surface area contributed by atoms with Crippen molar-refractivity contribution in [2.24, 2.45) is 0 Å². The fourth-order valence-electron chi connectivity index (χ4n) is 3.51. The van der Waals surface area contributed by atoms with Gasteiger partial charge in [-0.2, -0.15) is 0 Å². The zero-order chi connectivity index (χ0) is 21.1. The van der Waals surface area contributed by atoms with Crippen molar-refractivity contribution in [3.05, 3.63) is 77.1 Å². The summed E-state index contributed by atoms with van der Waals surface area (Å²) in [6.45, 7) is 5.73. The SMILES string of the molecule is CCCCn1c(Cn2ccnc2C)nc2cc(NC(=O)c3ccccc3Cl)ccc21. The summed E-state index contributed by atoms with van der Waals surface area (Å²) < 4.78 is 4.35. The maximum Gasteiger partial charge on any atom is 0.257 e. The molecule has 0 aliphatic heterocycles. The van der Waals surface area contributed by atoms with E-state index in [-0.39, 0.29) is 5.91 Å². The zero-order valence-corrected chi connectivity index (χ0v) is 17.9. The van der Waals surface area contributed by atoms with Crippen LogP contribution >= 0.6 is 11.6 Å². The van der Waals surface area contributed by atoms with Crippen LogP contribution in [0.2, 0.25) is 5.02 Å². The first-order valence-electron chi connectivity index (χ1n) is 10.1. The summed E-state index contributed by atoms with van der Waals surface area (Å²) in [6, 6.07) is 12.9. The number of rotatable bonds is 7. The summed E-state index contributed by atoms with van der Waals surface area (Å²) in [5, 5.41) is 3.36. The summed E-state index contributed by atoms with van der Waals surface area (Å²) >= 11 is 6.15. The van der Waals surface area contributed by atoms with Crippen molar-refractivity contribution in [2.75, 3.05) is 5.32 Å². The van der Waals surface area contributed by atoms with Gasteiger partial charge in [0.2, 0.25) is 0 Å². The second-order valence-electron chi connectivity index (χ2n) is 7.27. The number of hydrogen-bond donors (Lipinski definition) is 1. The van der Waals surface area contributed by atoms with Gasteiger partial charge in [-0.3, -0.25) is 4.79 Å². The molecular formula is C23H24ClN5O. The second kappa shape index (κ2) is 8.71. The average molecular weight is 422 g/mol. The van der Waals surface area contributed by atoms with E-state index >= 15 is 0 Å². The van der Waals surface area contributed by atoms with Crippen LogP contribution in [0.25, 0.3) is 11.0 Å². The van der Waals surface area contributed by atoms with E-state index < -0.39 is 0 Å². The minimum Gasteiger partial charge on any atom is -0.328 e. The highest BCUT2D eigenvalue weighted by atomic mass is 35.5. The van der Waals surface area contributed by atoms with Gasteiger partial charge in [0, 0.05) is 24.6 Å². The molecule has 4 rings (SSSR count). The second-order valence-corrected chi connectivity index (χ2v) is 7.68. The lowest BCUT2D eigenvalue weighted by atomic mass is 10.2. The Kier molecular flexibility index (Phi) is 5.86. The Hall–Kier alpha value is -3.12. The number of unbranched alkanes of at least 4 members (excludes halogenated alkanes) is 1. The van der Waals surface area contributed by atoms with Gasteiger partial charge in [0.15, 0.2) is 0 Å². The average Bonchev–Trinajstić information content (AvgIpc) is 3.29. The van der Waals surface area contributed by atoms with Crippen LogP contribution in [-0.4, -0.2) is 25.0 Å². The van der Waals surface area contributed by atoms with Crippen molar-refractivity contribution in [1.82, 2.24) is 19.1 Å². The van der Waals surface area contributed by atoms with E-state index in [9.17, 15) is 4.79 Å². The van der Waals surface area contributed by atoms with Gasteiger partial charge in [-0.25, -0.2) is 9.97 Å². The Labute approximate surface area is 180 Å². The molecule has 0 radical (unpaired) electrons. The molecule has 0 saturated carbocycles. The highest BCUT2D eigenvalue weighted by Crippen LogP contribution is 2.23. The molecule has 4 aromatic rings. The normalized spacial score (nSPS) is 11.2. The van der Waals surface area contributed by atoms with Gasteiger partial charge in [-0.15, -0.1) is 0 Å². The number of fused-ring (bicyclic) bond motifs is 1. The largest absolute Gasteiger partial charge is 0.328 e. The molecule has 2 heterocycles. The number of imidazole rings is 2. The third-order valence-corrected chi connectivity index (χ3v) is 5.50. The predicted molar refractivity (Wildman–Crippen MR) is 120 cm³/mol. The van der Waals surface area contributed by atoms with Crippen LogP contribution in [0.3, 0.4) is 0 Å². The van der Waals surface area contributed by atoms with Crippen LogP contribution in [0.15, 0.2) is 54.9 Å². The van der Waals surface area contributed by atoms with Crippen LogP contribution in [0, 0.1) is 6.92 Å². The van der Waals surface area contributed by atoms with Gasteiger partial charge >= 0.3 is 0 Å². The van der Waals surface area contributed by atoms with Gasteiger partial charge in [-0.1, -0.05) is 37.1 Å². The predicted octanol–water partition coefficient (Wildman–Crippen LogP) is 5.30. The van der Waals surface area contributed by atoms with Crippen molar-refractivity contribution >= 4 is 34.2 Å². The molecule has 0 fully saturated rings. The van der Waals surface area contributed by atoms with E-state index in [0.717, 1.165) is 42.1 Å². The van der Waals surface area contributed by atoms with Gasteiger partial charge in [0.1, 0.15) is 11.6 Å². The standard InChI is InChI=1S/C23H24ClN5O/c1-3-4-12-29-21-10-9-17(26-23(30)18-7-5-6-8-19(18)24)14-20(21)27-22(29)15-28-13-11-25-16(28)2/h5-11,13-14H,3-4,12,15H2,1-2H3,(H,26,30). The number of amides is 1.